The van der Waals surface area contributed by atoms with Crippen molar-refractivity contribution in [1.29, 1.82) is 0 Å². The van der Waals surface area contributed by atoms with E-state index in [1.807, 2.05) is 7.05 Å². The Bertz CT molecular complexity index is 119. The number of ether oxygens (including phenoxy) is 1. The zero-order chi connectivity index (χ0) is 7.98. The Morgan fingerprint density at radius 2 is 2.40 bits per heavy atom. The molecule has 0 heterocycles. The Labute approximate surface area is 61.8 Å². The molecule has 1 unspecified atom stereocenters. The first-order valence-corrected chi connectivity index (χ1v) is 3.06. The second-order valence-corrected chi connectivity index (χ2v) is 1.94. The lowest BCUT2D eigenvalue weighted by atomic mass is 10.3. The molecule has 0 aliphatic rings. The molecule has 0 saturated heterocycles. The molecule has 0 aromatic heterocycles. The molecule has 0 aliphatic heterocycles. The summed E-state index contributed by atoms with van der Waals surface area (Å²) in [6.45, 7) is 7.66. The molecule has 0 radical (unpaired) electrons. The fraction of sp³-hybridized carbons (Fsp3) is 0.571. The highest BCUT2D eigenvalue weighted by Gasteiger charge is 2.05. The summed E-state index contributed by atoms with van der Waals surface area (Å²) in [5.41, 5.74) is 0.889. The maximum Gasteiger partial charge on any atom is 0.131 e. The topological polar surface area (TPSA) is 33.6 Å². The van der Waals surface area contributed by atoms with E-state index in [2.05, 4.69) is 23.6 Å². The fourth-order valence-electron chi connectivity index (χ4n) is 0.715. The van der Waals surface area contributed by atoms with Gasteiger partial charge in [-0.25, -0.2) is 0 Å². The average Bonchev–Trinajstić information content (AvgIpc) is 1.91. The van der Waals surface area contributed by atoms with Crippen molar-refractivity contribution in [2.24, 2.45) is 4.99 Å². The van der Waals surface area contributed by atoms with Gasteiger partial charge in [0.25, 0.3) is 0 Å². The Kier molecular flexibility index (Phi) is 4.80. The first kappa shape index (κ1) is 9.33. The van der Waals surface area contributed by atoms with Crippen molar-refractivity contribution in [1.82, 2.24) is 5.32 Å². The van der Waals surface area contributed by atoms with Crippen molar-refractivity contribution < 1.29 is 4.74 Å². The van der Waals surface area contributed by atoms with Crippen LogP contribution in [0.1, 0.15) is 0 Å². The van der Waals surface area contributed by atoms with Crippen LogP contribution in [0.2, 0.25) is 0 Å². The van der Waals surface area contributed by atoms with Gasteiger partial charge in [-0.2, -0.15) is 0 Å². The standard InChI is InChI=1S/C7H14N2O/c1-6(5-8-2)7(9-3)10-4/h7,9H,1-2,5H2,3-4H3. The van der Waals surface area contributed by atoms with Gasteiger partial charge in [0.2, 0.25) is 0 Å². The van der Waals surface area contributed by atoms with E-state index in [9.17, 15) is 0 Å². The molecule has 0 aromatic rings. The molecule has 1 atom stereocenters. The van der Waals surface area contributed by atoms with Crippen LogP contribution in [0.4, 0.5) is 0 Å². The zero-order valence-electron chi connectivity index (χ0n) is 6.55. The third-order valence-corrected chi connectivity index (χ3v) is 1.18. The van der Waals surface area contributed by atoms with Crippen molar-refractivity contribution >= 4 is 6.72 Å². The quantitative estimate of drug-likeness (QED) is 0.343. The average molecular weight is 142 g/mol. The molecule has 1 N–H and O–H groups in total. The zero-order valence-corrected chi connectivity index (χ0v) is 6.55. The van der Waals surface area contributed by atoms with E-state index in [0.29, 0.717) is 6.54 Å². The summed E-state index contributed by atoms with van der Waals surface area (Å²) in [5, 5.41) is 2.93. The van der Waals surface area contributed by atoms with Crippen molar-refractivity contribution in [3.05, 3.63) is 12.2 Å². The molecule has 0 saturated carbocycles. The minimum atomic E-state index is -0.106. The van der Waals surface area contributed by atoms with E-state index >= 15 is 0 Å². The summed E-state index contributed by atoms with van der Waals surface area (Å²) >= 11 is 0. The van der Waals surface area contributed by atoms with Crippen LogP contribution >= 0.6 is 0 Å². The Morgan fingerprint density at radius 3 is 2.70 bits per heavy atom. The molecular weight excluding hydrogens is 128 g/mol. The van der Waals surface area contributed by atoms with Gasteiger partial charge in [-0.3, -0.25) is 10.3 Å². The summed E-state index contributed by atoms with van der Waals surface area (Å²) in [4.78, 5) is 3.68. The lowest BCUT2D eigenvalue weighted by Gasteiger charge is -2.14. The second kappa shape index (κ2) is 5.14. The lowest BCUT2D eigenvalue weighted by Crippen LogP contribution is -2.29. The first-order chi connectivity index (χ1) is 4.76. The van der Waals surface area contributed by atoms with Crippen LogP contribution < -0.4 is 5.32 Å². The molecule has 0 amide bonds. The Balaban J connectivity index is 3.76. The van der Waals surface area contributed by atoms with Crippen LogP contribution in [0.25, 0.3) is 0 Å². The molecule has 0 spiro atoms. The van der Waals surface area contributed by atoms with Crippen molar-refractivity contribution in [2.75, 3.05) is 20.7 Å². The number of rotatable bonds is 5. The molecule has 0 rings (SSSR count). The number of likely N-dealkylation sites (N-methyl/N-ethyl adjacent to an activating group) is 1. The number of nitrogens with one attached hydrogen (secondary N) is 1. The highest BCUT2D eigenvalue weighted by Crippen LogP contribution is 1.98. The van der Waals surface area contributed by atoms with Gasteiger partial charge in [0.15, 0.2) is 0 Å². The second-order valence-electron chi connectivity index (χ2n) is 1.94. The van der Waals surface area contributed by atoms with Gasteiger partial charge in [0, 0.05) is 7.11 Å². The lowest BCUT2D eigenvalue weighted by molar-refractivity contribution is 0.109. The third-order valence-electron chi connectivity index (χ3n) is 1.18. The smallest absolute Gasteiger partial charge is 0.131 e. The van der Waals surface area contributed by atoms with Crippen LogP contribution in [0, 0.1) is 0 Å². The molecule has 10 heavy (non-hydrogen) atoms. The van der Waals surface area contributed by atoms with Crippen molar-refractivity contribution in [3.8, 4) is 0 Å². The molecular formula is C7H14N2O. The van der Waals surface area contributed by atoms with E-state index < -0.39 is 0 Å². The molecule has 58 valence electrons. The molecule has 0 bridgehead atoms. The highest BCUT2D eigenvalue weighted by atomic mass is 16.5. The van der Waals surface area contributed by atoms with Crippen LogP contribution in [-0.2, 0) is 4.74 Å². The van der Waals surface area contributed by atoms with Crippen LogP contribution in [-0.4, -0.2) is 33.6 Å². The highest BCUT2D eigenvalue weighted by molar-refractivity contribution is 5.25. The predicted molar refractivity (Wildman–Crippen MR) is 43.4 cm³/mol. The number of methoxy groups -OCH3 is 1. The van der Waals surface area contributed by atoms with Gasteiger partial charge in [0.1, 0.15) is 6.23 Å². The monoisotopic (exact) mass is 142 g/mol. The number of nitrogens with zero attached hydrogens (tertiary/aromatic N) is 1. The minimum absolute atomic E-state index is 0.106. The summed E-state index contributed by atoms with van der Waals surface area (Å²) in [5.74, 6) is 0. The van der Waals surface area contributed by atoms with Crippen LogP contribution in [0.3, 0.4) is 0 Å². The van der Waals surface area contributed by atoms with Gasteiger partial charge in [0.05, 0.1) is 6.54 Å². The molecule has 0 aromatic carbocycles. The van der Waals surface area contributed by atoms with Gasteiger partial charge < -0.3 is 4.74 Å². The van der Waals surface area contributed by atoms with E-state index in [1.165, 1.54) is 0 Å². The molecule has 3 nitrogen and oxygen atoms in total. The van der Waals surface area contributed by atoms with Gasteiger partial charge in [-0.1, -0.05) is 6.58 Å². The normalized spacial score (nSPS) is 12.6. The fourth-order valence-corrected chi connectivity index (χ4v) is 0.715. The number of hydrogen-bond donors (Lipinski definition) is 1. The largest absolute Gasteiger partial charge is 0.363 e. The summed E-state index contributed by atoms with van der Waals surface area (Å²) in [6, 6.07) is 0. The van der Waals surface area contributed by atoms with Crippen molar-refractivity contribution in [2.45, 2.75) is 6.23 Å². The van der Waals surface area contributed by atoms with E-state index in [0.717, 1.165) is 5.57 Å². The van der Waals surface area contributed by atoms with Crippen LogP contribution in [0.5, 0.6) is 0 Å². The summed E-state index contributed by atoms with van der Waals surface area (Å²) in [6.07, 6.45) is -0.106. The van der Waals surface area contributed by atoms with Crippen molar-refractivity contribution in [3.63, 3.8) is 0 Å². The summed E-state index contributed by atoms with van der Waals surface area (Å²) in [7, 11) is 3.43. The van der Waals surface area contributed by atoms with Gasteiger partial charge in [-0.05, 0) is 19.3 Å². The molecule has 3 heteroatoms. The van der Waals surface area contributed by atoms with Gasteiger partial charge in [-0.15, -0.1) is 0 Å². The van der Waals surface area contributed by atoms with E-state index in [-0.39, 0.29) is 6.23 Å². The summed E-state index contributed by atoms with van der Waals surface area (Å²) < 4.78 is 5.02. The maximum atomic E-state index is 5.02. The number of aliphatic imine (C=N–C) groups is 1. The first-order valence-electron chi connectivity index (χ1n) is 3.06. The van der Waals surface area contributed by atoms with E-state index in [4.69, 9.17) is 4.74 Å². The molecule has 0 fully saturated rings. The SMILES string of the molecule is C=NCC(=C)C(NC)OC. The van der Waals surface area contributed by atoms with Gasteiger partial charge >= 0.3 is 0 Å². The Hall–Kier alpha value is -0.670. The minimum Gasteiger partial charge on any atom is -0.363 e. The predicted octanol–water partition coefficient (Wildman–Crippen LogP) is 0.435. The Morgan fingerprint density at radius 1 is 1.80 bits per heavy atom. The maximum absolute atomic E-state index is 5.02. The van der Waals surface area contributed by atoms with Crippen LogP contribution in [0.15, 0.2) is 17.1 Å². The third kappa shape index (κ3) is 2.75. The number of hydrogen-bond acceptors (Lipinski definition) is 3. The molecule has 0 aliphatic carbocycles. The van der Waals surface area contributed by atoms with E-state index in [1.54, 1.807) is 7.11 Å².